The fraction of sp³-hybridized carbons (Fsp3) is 0.278. The number of carbonyl (C=O) groups is 1. The molecule has 1 heterocycles. The lowest BCUT2D eigenvalue weighted by Crippen LogP contribution is -2.48. The van der Waals surface area contributed by atoms with Crippen molar-refractivity contribution in [2.45, 2.75) is 4.90 Å². The SMILES string of the molecule is COc1ccccc1N1CCN(S(=O)(=O)c2cc(C(=O)O)ccc2Cl)CC1. The molecule has 7 nitrogen and oxygen atoms in total. The van der Waals surface area contributed by atoms with Gasteiger partial charge < -0.3 is 14.7 Å². The minimum atomic E-state index is -3.89. The van der Waals surface area contributed by atoms with Gasteiger partial charge in [-0.3, -0.25) is 0 Å². The Morgan fingerprint density at radius 2 is 1.78 bits per heavy atom. The Balaban J connectivity index is 1.81. The molecule has 0 bridgehead atoms. The summed E-state index contributed by atoms with van der Waals surface area (Å²) in [6.45, 7) is 1.48. The molecule has 27 heavy (non-hydrogen) atoms. The van der Waals surface area contributed by atoms with Crippen molar-refractivity contribution >= 4 is 33.3 Å². The maximum absolute atomic E-state index is 13.0. The minimum absolute atomic E-state index is 0.00663. The molecular formula is C18H19ClN2O5S. The number of halogens is 1. The van der Waals surface area contributed by atoms with Crippen LogP contribution >= 0.6 is 11.6 Å². The summed E-state index contributed by atoms with van der Waals surface area (Å²) < 4.78 is 32.6. The molecule has 2 aromatic rings. The summed E-state index contributed by atoms with van der Waals surface area (Å²) in [5, 5.41) is 9.12. The first-order valence-corrected chi connectivity index (χ1v) is 10.1. The van der Waals surface area contributed by atoms with Crippen molar-refractivity contribution in [2.24, 2.45) is 0 Å². The van der Waals surface area contributed by atoms with E-state index < -0.39 is 16.0 Å². The van der Waals surface area contributed by atoms with Crippen molar-refractivity contribution in [1.82, 2.24) is 4.31 Å². The number of hydrogen-bond donors (Lipinski definition) is 1. The zero-order valence-corrected chi connectivity index (χ0v) is 16.2. The molecule has 0 aromatic heterocycles. The van der Waals surface area contributed by atoms with E-state index in [2.05, 4.69) is 4.90 Å². The van der Waals surface area contributed by atoms with Crippen LogP contribution in [0.2, 0.25) is 5.02 Å². The van der Waals surface area contributed by atoms with E-state index in [1.807, 2.05) is 24.3 Å². The average molecular weight is 411 g/mol. The van der Waals surface area contributed by atoms with Crippen molar-refractivity contribution in [2.75, 3.05) is 38.2 Å². The molecule has 0 atom stereocenters. The Hall–Kier alpha value is -2.29. The number of ether oxygens (including phenoxy) is 1. The third-order valence-corrected chi connectivity index (χ3v) is 6.84. The lowest BCUT2D eigenvalue weighted by atomic mass is 10.2. The van der Waals surface area contributed by atoms with E-state index >= 15 is 0 Å². The summed E-state index contributed by atoms with van der Waals surface area (Å²) in [6, 6.07) is 11.2. The highest BCUT2D eigenvalue weighted by molar-refractivity contribution is 7.89. The minimum Gasteiger partial charge on any atom is -0.495 e. The zero-order valence-electron chi connectivity index (χ0n) is 14.6. The van der Waals surface area contributed by atoms with Crippen LogP contribution in [0.1, 0.15) is 10.4 Å². The Morgan fingerprint density at radius 1 is 1.11 bits per heavy atom. The van der Waals surface area contributed by atoms with Crippen LogP contribution in [0.4, 0.5) is 5.69 Å². The number of carboxylic acid groups (broad SMARTS) is 1. The van der Waals surface area contributed by atoms with Gasteiger partial charge in [0.2, 0.25) is 10.0 Å². The average Bonchev–Trinajstić information content (AvgIpc) is 2.68. The molecular weight excluding hydrogens is 392 g/mol. The van der Waals surface area contributed by atoms with E-state index in [-0.39, 0.29) is 28.6 Å². The molecule has 0 spiro atoms. The molecule has 0 radical (unpaired) electrons. The number of para-hydroxylation sites is 2. The lowest BCUT2D eigenvalue weighted by molar-refractivity contribution is 0.0696. The number of carboxylic acids is 1. The van der Waals surface area contributed by atoms with E-state index in [0.717, 1.165) is 17.5 Å². The monoisotopic (exact) mass is 410 g/mol. The molecule has 1 saturated heterocycles. The number of methoxy groups -OCH3 is 1. The second-order valence-corrected chi connectivity index (χ2v) is 8.33. The van der Waals surface area contributed by atoms with Crippen LogP contribution in [0.3, 0.4) is 0 Å². The molecule has 1 fully saturated rings. The number of piperazine rings is 1. The quantitative estimate of drug-likeness (QED) is 0.815. The second kappa shape index (κ2) is 7.75. The molecule has 144 valence electrons. The van der Waals surface area contributed by atoms with Gasteiger partial charge in [0.05, 0.1) is 23.4 Å². The number of rotatable bonds is 5. The van der Waals surface area contributed by atoms with Gasteiger partial charge in [-0.25, -0.2) is 13.2 Å². The van der Waals surface area contributed by atoms with Gasteiger partial charge in [0, 0.05) is 26.2 Å². The summed E-state index contributed by atoms with van der Waals surface area (Å²) in [5.74, 6) is -0.477. The fourth-order valence-corrected chi connectivity index (χ4v) is 4.96. The van der Waals surface area contributed by atoms with E-state index in [1.165, 1.54) is 16.4 Å². The predicted molar refractivity (Wildman–Crippen MR) is 102 cm³/mol. The number of anilines is 1. The van der Waals surface area contributed by atoms with Crippen molar-refractivity contribution < 1.29 is 23.1 Å². The first-order chi connectivity index (χ1) is 12.8. The van der Waals surface area contributed by atoms with Crippen molar-refractivity contribution in [3.8, 4) is 5.75 Å². The number of benzene rings is 2. The Morgan fingerprint density at radius 3 is 2.41 bits per heavy atom. The molecule has 9 heteroatoms. The molecule has 0 aliphatic carbocycles. The summed E-state index contributed by atoms with van der Waals surface area (Å²) in [5.41, 5.74) is 0.786. The molecule has 1 aliphatic rings. The van der Waals surface area contributed by atoms with Gasteiger partial charge in [0.15, 0.2) is 0 Å². The number of aromatic carboxylic acids is 1. The third-order valence-electron chi connectivity index (χ3n) is 4.46. The highest BCUT2D eigenvalue weighted by atomic mass is 35.5. The Labute approximate surface area is 162 Å². The van der Waals surface area contributed by atoms with E-state index in [0.29, 0.717) is 13.1 Å². The van der Waals surface area contributed by atoms with E-state index in [1.54, 1.807) is 7.11 Å². The van der Waals surface area contributed by atoms with Crippen LogP contribution < -0.4 is 9.64 Å². The standard InChI is InChI=1S/C18H19ClN2O5S/c1-26-16-5-3-2-4-15(16)20-8-10-21(11-9-20)27(24,25)17-12-13(18(22)23)6-7-14(17)19/h2-7,12H,8-11H2,1H3,(H,22,23). The van der Waals surface area contributed by atoms with Crippen LogP contribution in [-0.4, -0.2) is 57.1 Å². The largest absolute Gasteiger partial charge is 0.495 e. The van der Waals surface area contributed by atoms with E-state index in [4.69, 9.17) is 21.4 Å². The highest BCUT2D eigenvalue weighted by Crippen LogP contribution is 2.31. The first kappa shape index (κ1) is 19.5. The lowest BCUT2D eigenvalue weighted by Gasteiger charge is -2.36. The third kappa shape index (κ3) is 3.87. The molecule has 0 amide bonds. The zero-order chi connectivity index (χ0) is 19.6. The number of hydrogen-bond acceptors (Lipinski definition) is 5. The van der Waals surface area contributed by atoms with Crippen LogP contribution in [0, 0.1) is 0 Å². The van der Waals surface area contributed by atoms with Gasteiger partial charge in [0.1, 0.15) is 10.6 Å². The smallest absolute Gasteiger partial charge is 0.335 e. The molecule has 2 aromatic carbocycles. The summed E-state index contributed by atoms with van der Waals surface area (Å²) in [6.07, 6.45) is 0. The van der Waals surface area contributed by atoms with Crippen LogP contribution in [0.5, 0.6) is 5.75 Å². The maximum Gasteiger partial charge on any atom is 0.335 e. The van der Waals surface area contributed by atoms with Crippen LogP contribution in [0.15, 0.2) is 47.4 Å². The fourth-order valence-electron chi connectivity index (χ4n) is 3.03. The van der Waals surface area contributed by atoms with Crippen molar-refractivity contribution in [3.05, 3.63) is 53.1 Å². The van der Waals surface area contributed by atoms with Gasteiger partial charge in [-0.2, -0.15) is 4.31 Å². The van der Waals surface area contributed by atoms with Crippen LogP contribution in [0.25, 0.3) is 0 Å². The van der Waals surface area contributed by atoms with Gasteiger partial charge in [-0.05, 0) is 30.3 Å². The predicted octanol–water partition coefficient (Wildman–Crippen LogP) is 2.56. The molecule has 0 saturated carbocycles. The number of nitrogens with zero attached hydrogens (tertiary/aromatic N) is 2. The molecule has 1 aliphatic heterocycles. The van der Waals surface area contributed by atoms with Gasteiger partial charge in [-0.1, -0.05) is 23.7 Å². The van der Waals surface area contributed by atoms with Crippen molar-refractivity contribution in [3.63, 3.8) is 0 Å². The molecule has 1 N–H and O–H groups in total. The summed E-state index contributed by atoms with van der Waals surface area (Å²) >= 11 is 6.04. The Kier molecular flexibility index (Phi) is 5.59. The normalized spacial score (nSPS) is 15.6. The van der Waals surface area contributed by atoms with Gasteiger partial charge in [-0.15, -0.1) is 0 Å². The van der Waals surface area contributed by atoms with Gasteiger partial charge >= 0.3 is 5.97 Å². The summed E-state index contributed by atoms with van der Waals surface area (Å²) in [4.78, 5) is 13.0. The topological polar surface area (TPSA) is 87.2 Å². The van der Waals surface area contributed by atoms with Crippen molar-refractivity contribution in [1.29, 1.82) is 0 Å². The molecule has 3 rings (SSSR count). The first-order valence-electron chi connectivity index (χ1n) is 8.25. The van der Waals surface area contributed by atoms with E-state index in [9.17, 15) is 13.2 Å². The maximum atomic E-state index is 13.0. The second-order valence-electron chi connectivity index (χ2n) is 6.01. The number of sulfonamides is 1. The highest BCUT2D eigenvalue weighted by Gasteiger charge is 2.31. The summed E-state index contributed by atoms with van der Waals surface area (Å²) in [7, 11) is -2.30. The Bertz CT molecular complexity index is 956. The molecule has 0 unspecified atom stereocenters. The van der Waals surface area contributed by atoms with Gasteiger partial charge in [0.25, 0.3) is 0 Å². The van der Waals surface area contributed by atoms with Crippen LogP contribution in [-0.2, 0) is 10.0 Å².